The van der Waals surface area contributed by atoms with Gasteiger partial charge in [0.2, 0.25) is 0 Å². The number of aromatic nitrogens is 2. The van der Waals surface area contributed by atoms with Crippen molar-refractivity contribution in [2.45, 2.75) is 26.2 Å². The summed E-state index contributed by atoms with van der Waals surface area (Å²) < 4.78 is 5.44. The van der Waals surface area contributed by atoms with Gasteiger partial charge in [-0.05, 0) is 17.5 Å². The second-order valence-electron chi connectivity index (χ2n) is 6.12. The van der Waals surface area contributed by atoms with E-state index in [-0.39, 0.29) is 5.41 Å². The Bertz CT molecular complexity index is 577. The number of H-pyrrole nitrogens is 1. The van der Waals surface area contributed by atoms with Crippen LogP contribution in [-0.4, -0.2) is 36.3 Å². The second kappa shape index (κ2) is 4.53. The molecule has 0 aliphatic carbocycles. The highest BCUT2D eigenvalue weighted by Gasteiger charge is 2.24. The van der Waals surface area contributed by atoms with Gasteiger partial charge in [-0.25, -0.2) is 4.98 Å². The van der Waals surface area contributed by atoms with Gasteiger partial charge in [-0.3, -0.25) is 0 Å². The number of rotatable bonds is 1. The van der Waals surface area contributed by atoms with Crippen LogP contribution in [0.25, 0.3) is 11.0 Å². The lowest BCUT2D eigenvalue weighted by molar-refractivity contribution is 0.122. The highest BCUT2D eigenvalue weighted by atomic mass is 16.5. The smallest absolute Gasteiger partial charge is 0.139 e. The number of hydrogen-bond donors (Lipinski definition) is 1. The standard InChI is InChI=1S/C15H21N3O/c1-15(2,3)12-10-11-4-5-16-13(11)17-14(12)18-6-8-19-9-7-18/h4-5,10H,6-9H2,1-3H3,(H,16,17). The molecule has 0 saturated carbocycles. The topological polar surface area (TPSA) is 41.2 Å². The summed E-state index contributed by atoms with van der Waals surface area (Å²) in [6.07, 6.45) is 1.95. The summed E-state index contributed by atoms with van der Waals surface area (Å²) in [5.41, 5.74) is 2.36. The molecule has 0 unspecified atom stereocenters. The molecule has 1 saturated heterocycles. The first-order chi connectivity index (χ1) is 9.05. The number of anilines is 1. The lowest BCUT2D eigenvalue weighted by Gasteiger charge is -2.32. The van der Waals surface area contributed by atoms with Crippen LogP contribution in [0.3, 0.4) is 0 Å². The van der Waals surface area contributed by atoms with Crippen LogP contribution < -0.4 is 4.90 Å². The van der Waals surface area contributed by atoms with E-state index in [0.717, 1.165) is 37.8 Å². The van der Waals surface area contributed by atoms with Crippen LogP contribution >= 0.6 is 0 Å². The predicted molar refractivity (Wildman–Crippen MR) is 77.8 cm³/mol. The van der Waals surface area contributed by atoms with Crippen LogP contribution in [0.1, 0.15) is 26.3 Å². The van der Waals surface area contributed by atoms with E-state index < -0.39 is 0 Å². The Labute approximate surface area is 113 Å². The molecule has 0 amide bonds. The van der Waals surface area contributed by atoms with Crippen molar-refractivity contribution in [1.29, 1.82) is 0 Å². The lowest BCUT2D eigenvalue weighted by atomic mass is 9.86. The molecule has 3 rings (SSSR count). The lowest BCUT2D eigenvalue weighted by Crippen LogP contribution is -2.38. The van der Waals surface area contributed by atoms with Crippen molar-refractivity contribution in [1.82, 2.24) is 9.97 Å². The summed E-state index contributed by atoms with van der Waals surface area (Å²) in [4.78, 5) is 10.4. The Balaban J connectivity index is 2.13. The average molecular weight is 259 g/mol. The summed E-state index contributed by atoms with van der Waals surface area (Å²) in [6, 6.07) is 4.35. The molecule has 0 bridgehead atoms. The minimum Gasteiger partial charge on any atom is -0.378 e. The van der Waals surface area contributed by atoms with E-state index in [2.05, 4.69) is 42.8 Å². The molecule has 1 N–H and O–H groups in total. The number of ether oxygens (including phenoxy) is 1. The highest BCUT2D eigenvalue weighted by molar-refractivity contribution is 5.79. The van der Waals surface area contributed by atoms with Crippen molar-refractivity contribution in [2.24, 2.45) is 0 Å². The zero-order valence-corrected chi connectivity index (χ0v) is 11.9. The van der Waals surface area contributed by atoms with Crippen LogP contribution in [-0.2, 0) is 10.2 Å². The molecule has 19 heavy (non-hydrogen) atoms. The summed E-state index contributed by atoms with van der Waals surface area (Å²) >= 11 is 0. The van der Waals surface area contributed by atoms with Crippen molar-refractivity contribution in [3.63, 3.8) is 0 Å². The molecule has 102 valence electrons. The van der Waals surface area contributed by atoms with Gasteiger partial charge in [-0.15, -0.1) is 0 Å². The van der Waals surface area contributed by atoms with Crippen LogP contribution in [0.4, 0.5) is 5.82 Å². The van der Waals surface area contributed by atoms with E-state index >= 15 is 0 Å². The van der Waals surface area contributed by atoms with E-state index in [4.69, 9.17) is 9.72 Å². The zero-order valence-electron chi connectivity index (χ0n) is 11.9. The largest absolute Gasteiger partial charge is 0.378 e. The Hall–Kier alpha value is -1.55. The van der Waals surface area contributed by atoms with E-state index in [0.29, 0.717) is 0 Å². The third-order valence-electron chi connectivity index (χ3n) is 3.63. The Morgan fingerprint density at radius 3 is 2.68 bits per heavy atom. The number of fused-ring (bicyclic) bond motifs is 1. The number of aromatic amines is 1. The normalized spacial score (nSPS) is 17.1. The maximum absolute atomic E-state index is 5.44. The number of pyridine rings is 1. The molecule has 2 aromatic heterocycles. The molecule has 4 heteroatoms. The van der Waals surface area contributed by atoms with Crippen molar-refractivity contribution < 1.29 is 4.74 Å². The SMILES string of the molecule is CC(C)(C)c1cc2cc[nH]c2nc1N1CCOCC1. The van der Waals surface area contributed by atoms with Gasteiger partial charge in [0, 0.05) is 30.2 Å². The van der Waals surface area contributed by atoms with Crippen LogP contribution in [0, 0.1) is 0 Å². The fraction of sp³-hybridized carbons (Fsp3) is 0.533. The van der Waals surface area contributed by atoms with Crippen molar-refractivity contribution in [3.05, 3.63) is 23.9 Å². The minimum atomic E-state index is 0.0894. The minimum absolute atomic E-state index is 0.0894. The fourth-order valence-electron chi connectivity index (χ4n) is 2.54. The number of hydrogen-bond acceptors (Lipinski definition) is 3. The van der Waals surface area contributed by atoms with Gasteiger partial charge < -0.3 is 14.6 Å². The molecule has 0 radical (unpaired) electrons. The Kier molecular flexibility index (Phi) is 2.97. The molecule has 0 aromatic carbocycles. The van der Waals surface area contributed by atoms with Gasteiger partial charge in [0.05, 0.1) is 13.2 Å². The highest BCUT2D eigenvalue weighted by Crippen LogP contribution is 2.33. The van der Waals surface area contributed by atoms with Gasteiger partial charge in [-0.1, -0.05) is 20.8 Å². The van der Waals surface area contributed by atoms with E-state index in [9.17, 15) is 0 Å². The van der Waals surface area contributed by atoms with Crippen LogP contribution in [0.2, 0.25) is 0 Å². The summed E-state index contributed by atoms with van der Waals surface area (Å²) in [6.45, 7) is 10.1. The number of nitrogens with one attached hydrogen (secondary N) is 1. The third kappa shape index (κ3) is 2.32. The van der Waals surface area contributed by atoms with Crippen LogP contribution in [0.5, 0.6) is 0 Å². The molecule has 2 aromatic rings. The van der Waals surface area contributed by atoms with Gasteiger partial charge in [0.25, 0.3) is 0 Å². The zero-order chi connectivity index (χ0) is 13.5. The van der Waals surface area contributed by atoms with Gasteiger partial charge in [0.1, 0.15) is 11.5 Å². The average Bonchev–Trinajstić information content (AvgIpc) is 2.84. The molecule has 1 aliphatic rings. The first kappa shape index (κ1) is 12.5. The summed E-state index contributed by atoms with van der Waals surface area (Å²) in [7, 11) is 0. The monoisotopic (exact) mass is 259 g/mol. The first-order valence-corrected chi connectivity index (χ1v) is 6.87. The molecule has 1 aliphatic heterocycles. The molecule has 0 atom stereocenters. The number of nitrogens with zero attached hydrogens (tertiary/aromatic N) is 2. The Morgan fingerprint density at radius 2 is 2.00 bits per heavy atom. The molecule has 0 spiro atoms. The van der Waals surface area contributed by atoms with Gasteiger partial charge in [0.15, 0.2) is 0 Å². The quantitative estimate of drug-likeness (QED) is 0.856. The van der Waals surface area contributed by atoms with E-state index in [1.54, 1.807) is 0 Å². The molecular weight excluding hydrogens is 238 g/mol. The molecule has 1 fully saturated rings. The maximum atomic E-state index is 5.44. The summed E-state index contributed by atoms with van der Waals surface area (Å²) in [5.74, 6) is 1.10. The van der Waals surface area contributed by atoms with E-state index in [1.807, 2.05) is 6.20 Å². The molecule has 3 heterocycles. The van der Waals surface area contributed by atoms with Crippen LogP contribution in [0.15, 0.2) is 18.3 Å². The Morgan fingerprint density at radius 1 is 1.26 bits per heavy atom. The summed E-state index contributed by atoms with van der Waals surface area (Å²) in [5, 5.41) is 1.18. The van der Waals surface area contributed by atoms with Crippen molar-refractivity contribution in [2.75, 3.05) is 31.2 Å². The first-order valence-electron chi connectivity index (χ1n) is 6.87. The van der Waals surface area contributed by atoms with Crippen molar-refractivity contribution in [3.8, 4) is 0 Å². The third-order valence-corrected chi connectivity index (χ3v) is 3.63. The van der Waals surface area contributed by atoms with E-state index in [1.165, 1.54) is 10.9 Å². The van der Waals surface area contributed by atoms with Crippen molar-refractivity contribution >= 4 is 16.9 Å². The van der Waals surface area contributed by atoms with Gasteiger partial charge in [-0.2, -0.15) is 0 Å². The predicted octanol–water partition coefficient (Wildman–Crippen LogP) is 2.70. The number of morpholine rings is 1. The van der Waals surface area contributed by atoms with Gasteiger partial charge >= 0.3 is 0 Å². The molecular formula is C15H21N3O. The maximum Gasteiger partial charge on any atom is 0.139 e. The fourth-order valence-corrected chi connectivity index (χ4v) is 2.54. The second-order valence-corrected chi connectivity index (χ2v) is 6.12. The molecule has 4 nitrogen and oxygen atoms in total.